The largest absolute Gasteiger partial charge is 0.496 e. The number of urea groups is 1. The van der Waals surface area contributed by atoms with Crippen molar-refractivity contribution in [3.05, 3.63) is 18.2 Å². The highest BCUT2D eigenvalue weighted by molar-refractivity contribution is 5.73. The number of amides is 2. The van der Waals surface area contributed by atoms with Crippen LogP contribution in [0.25, 0.3) is 0 Å². The highest BCUT2D eigenvalue weighted by Crippen LogP contribution is 2.27. The predicted molar refractivity (Wildman–Crippen MR) is 83.3 cm³/mol. The summed E-state index contributed by atoms with van der Waals surface area (Å²) in [7, 11) is 3.10. The third kappa shape index (κ3) is 7.79. The van der Waals surface area contributed by atoms with Crippen LogP contribution in [0, 0.1) is 0 Å². The Hall–Kier alpha value is -2.64. The molecule has 0 atom stereocenters. The van der Waals surface area contributed by atoms with Gasteiger partial charge < -0.3 is 30.0 Å². The Morgan fingerprint density at radius 2 is 1.57 bits per heavy atom. The molecule has 0 aromatic heterocycles. The average molecular weight is 326 g/mol. The molecule has 2 amide bonds. The van der Waals surface area contributed by atoms with Crippen LogP contribution in [0.3, 0.4) is 0 Å². The highest BCUT2D eigenvalue weighted by atomic mass is 16.5. The van der Waals surface area contributed by atoms with E-state index < -0.39 is 5.97 Å². The van der Waals surface area contributed by atoms with Crippen LogP contribution in [-0.4, -0.2) is 51.0 Å². The van der Waals surface area contributed by atoms with Crippen molar-refractivity contribution in [2.75, 3.05) is 33.9 Å². The van der Waals surface area contributed by atoms with Crippen molar-refractivity contribution in [1.29, 1.82) is 0 Å². The summed E-state index contributed by atoms with van der Waals surface area (Å²) in [6, 6.07) is 4.81. The molecular weight excluding hydrogens is 304 g/mol. The van der Waals surface area contributed by atoms with E-state index >= 15 is 0 Å². The van der Waals surface area contributed by atoms with Crippen molar-refractivity contribution in [1.82, 2.24) is 10.6 Å². The maximum Gasteiger partial charge on any atom is 0.314 e. The lowest BCUT2D eigenvalue weighted by molar-refractivity contribution is -0.137. The van der Waals surface area contributed by atoms with E-state index in [1.165, 1.54) is 0 Å². The molecule has 0 radical (unpaired) electrons. The summed E-state index contributed by atoms with van der Waals surface area (Å²) in [5.74, 6) is 0.922. The lowest BCUT2D eigenvalue weighted by Gasteiger charge is -2.11. The minimum atomic E-state index is -0.880. The standard InChI is InChI=1S/C15H22N2O6/c1-21-11-8-12(22-2)10-13(9-11)23-7-6-17-15(20)16-5-3-4-14(18)19/h8-10H,3-7H2,1-2H3,(H,18,19)(H2,16,17,20). The number of nitrogens with one attached hydrogen (secondary N) is 2. The van der Waals surface area contributed by atoms with E-state index in [2.05, 4.69) is 10.6 Å². The van der Waals surface area contributed by atoms with Gasteiger partial charge in [0, 0.05) is 31.2 Å². The fraction of sp³-hybridized carbons (Fsp3) is 0.467. The molecule has 128 valence electrons. The number of carbonyl (C=O) groups excluding carboxylic acids is 1. The Labute approximate surface area is 134 Å². The van der Waals surface area contributed by atoms with Crippen LogP contribution in [0.2, 0.25) is 0 Å². The topological polar surface area (TPSA) is 106 Å². The first kappa shape index (κ1) is 18.4. The van der Waals surface area contributed by atoms with Crippen LogP contribution in [0.5, 0.6) is 17.2 Å². The summed E-state index contributed by atoms with van der Waals surface area (Å²) >= 11 is 0. The number of hydrogen-bond donors (Lipinski definition) is 3. The molecule has 1 rings (SSSR count). The number of carboxylic acid groups (broad SMARTS) is 1. The fourth-order valence-corrected chi connectivity index (χ4v) is 1.70. The summed E-state index contributed by atoms with van der Waals surface area (Å²) in [6.45, 7) is 0.898. The molecule has 0 fully saturated rings. The zero-order valence-corrected chi connectivity index (χ0v) is 13.3. The molecule has 3 N–H and O–H groups in total. The normalized spacial score (nSPS) is 9.83. The van der Waals surface area contributed by atoms with Gasteiger partial charge in [0.2, 0.25) is 0 Å². The minimum absolute atomic E-state index is 0.0288. The van der Waals surface area contributed by atoms with Crippen LogP contribution in [0.1, 0.15) is 12.8 Å². The van der Waals surface area contributed by atoms with Crippen molar-refractivity contribution >= 4 is 12.0 Å². The van der Waals surface area contributed by atoms with Crippen LogP contribution >= 0.6 is 0 Å². The number of benzene rings is 1. The fourth-order valence-electron chi connectivity index (χ4n) is 1.70. The third-order valence-electron chi connectivity index (χ3n) is 2.83. The van der Waals surface area contributed by atoms with Crippen molar-refractivity contribution in [3.8, 4) is 17.2 Å². The number of carbonyl (C=O) groups is 2. The van der Waals surface area contributed by atoms with Crippen molar-refractivity contribution in [3.63, 3.8) is 0 Å². The second-order valence-corrected chi connectivity index (χ2v) is 4.58. The van der Waals surface area contributed by atoms with Gasteiger partial charge in [0.25, 0.3) is 0 Å². The van der Waals surface area contributed by atoms with E-state index in [1.807, 2.05) is 0 Å². The van der Waals surface area contributed by atoms with Crippen LogP contribution < -0.4 is 24.8 Å². The first-order valence-corrected chi connectivity index (χ1v) is 7.14. The Kier molecular flexibility index (Phi) is 8.12. The molecule has 0 aliphatic rings. The molecule has 23 heavy (non-hydrogen) atoms. The monoisotopic (exact) mass is 326 g/mol. The molecule has 1 aromatic rings. The Bertz CT molecular complexity index is 498. The van der Waals surface area contributed by atoms with Gasteiger partial charge >= 0.3 is 12.0 Å². The number of aliphatic carboxylic acids is 1. The van der Waals surface area contributed by atoms with Crippen molar-refractivity contribution < 1.29 is 28.9 Å². The van der Waals surface area contributed by atoms with Crippen LogP contribution in [-0.2, 0) is 4.79 Å². The quantitative estimate of drug-likeness (QED) is 0.559. The van der Waals surface area contributed by atoms with E-state index in [0.29, 0.717) is 36.8 Å². The lowest BCUT2D eigenvalue weighted by Crippen LogP contribution is -2.38. The molecule has 0 aliphatic heterocycles. The van der Waals surface area contributed by atoms with Gasteiger partial charge in [-0.05, 0) is 6.42 Å². The summed E-state index contributed by atoms with van der Waals surface area (Å²) < 4.78 is 15.8. The van der Waals surface area contributed by atoms with Gasteiger partial charge in [0.05, 0.1) is 20.8 Å². The number of carboxylic acids is 1. The third-order valence-corrected chi connectivity index (χ3v) is 2.83. The zero-order valence-electron chi connectivity index (χ0n) is 13.3. The molecule has 1 aromatic carbocycles. The first-order chi connectivity index (χ1) is 11.0. The summed E-state index contributed by atoms with van der Waals surface area (Å²) in [4.78, 5) is 21.8. The van der Waals surface area contributed by atoms with Gasteiger partial charge in [-0.3, -0.25) is 4.79 Å². The van der Waals surface area contributed by atoms with E-state index in [9.17, 15) is 9.59 Å². The molecule has 0 saturated heterocycles. The Balaban J connectivity index is 2.24. The van der Waals surface area contributed by atoms with E-state index in [0.717, 1.165) is 0 Å². The van der Waals surface area contributed by atoms with Gasteiger partial charge in [-0.2, -0.15) is 0 Å². The molecule has 0 spiro atoms. The van der Waals surface area contributed by atoms with Crippen molar-refractivity contribution in [2.45, 2.75) is 12.8 Å². The molecule has 0 bridgehead atoms. The van der Waals surface area contributed by atoms with E-state index in [1.54, 1.807) is 32.4 Å². The second-order valence-electron chi connectivity index (χ2n) is 4.58. The molecule has 8 nitrogen and oxygen atoms in total. The molecule has 0 aliphatic carbocycles. The van der Waals surface area contributed by atoms with Gasteiger partial charge in [-0.1, -0.05) is 0 Å². The second kappa shape index (κ2) is 10.1. The smallest absolute Gasteiger partial charge is 0.314 e. The van der Waals surface area contributed by atoms with Gasteiger partial charge in [-0.15, -0.1) is 0 Å². The minimum Gasteiger partial charge on any atom is -0.496 e. The molecule has 8 heteroatoms. The Morgan fingerprint density at radius 1 is 1.00 bits per heavy atom. The van der Waals surface area contributed by atoms with E-state index in [-0.39, 0.29) is 19.1 Å². The SMILES string of the molecule is COc1cc(OC)cc(OCCNC(=O)NCCCC(=O)O)c1. The maximum absolute atomic E-state index is 11.4. The van der Waals surface area contributed by atoms with Crippen molar-refractivity contribution in [2.24, 2.45) is 0 Å². The maximum atomic E-state index is 11.4. The summed E-state index contributed by atoms with van der Waals surface area (Å²) in [6.07, 6.45) is 0.421. The van der Waals surface area contributed by atoms with Gasteiger partial charge in [0.1, 0.15) is 23.9 Å². The van der Waals surface area contributed by atoms with Crippen LogP contribution in [0.15, 0.2) is 18.2 Å². The van der Waals surface area contributed by atoms with Gasteiger partial charge in [0.15, 0.2) is 0 Å². The zero-order chi connectivity index (χ0) is 17.1. The summed E-state index contributed by atoms with van der Waals surface area (Å²) in [5, 5.41) is 13.6. The highest BCUT2D eigenvalue weighted by Gasteiger charge is 2.04. The molecular formula is C15H22N2O6. The number of ether oxygens (including phenoxy) is 3. The lowest BCUT2D eigenvalue weighted by atomic mass is 10.3. The average Bonchev–Trinajstić information content (AvgIpc) is 2.55. The van der Waals surface area contributed by atoms with E-state index in [4.69, 9.17) is 19.3 Å². The van der Waals surface area contributed by atoms with Gasteiger partial charge in [-0.25, -0.2) is 4.79 Å². The molecule has 0 heterocycles. The number of hydrogen-bond acceptors (Lipinski definition) is 5. The van der Waals surface area contributed by atoms with Crippen LogP contribution in [0.4, 0.5) is 4.79 Å². The number of methoxy groups -OCH3 is 2. The predicted octanol–water partition coefficient (Wildman–Crippen LogP) is 1.25. The first-order valence-electron chi connectivity index (χ1n) is 7.14. The summed E-state index contributed by atoms with van der Waals surface area (Å²) in [5.41, 5.74) is 0. The molecule has 0 saturated carbocycles. The number of rotatable bonds is 10. The molecule has 0 unspecified atom stereocenters. The Morgan fingerprint density at radius 3 is 2.13 bits per heavy atom.